The van der Waals surface area contributed by atoms with Gasteiger partial charge in [-0.25, -0.2) is 0 Å². The third-order valence-corrected chi connectivity index (χ3v) is 4.21. The Kier molecular flexibility index (Phi) is 5.06. The Balaban J connectivity index is 2.06. The number of methoxy groups -OCH3 is 4. The minimum Gasteiger partial charge on any atom is -0.493 e. The van der Waals surface area contributed by atoms with Crippen LogP contribution in [-0.2, 0) is 11.3 Å². The van der Waals surface area contributed by atoms with Crippen LogP contribution in [0.3, 0.4) is 0 Å². The van der Waals surface area contributed by atoms with Gasteiger partial charge in [-0.2, -0.15) is 0 Å². The molecule has 0 radical (unpaired) electrons. The molecule has 7 heteroatoms. The van der Waals surface area contributed by atoms with Gasteiger partial charge in [-0.05, 0) is 6.07 Å². The second kappa shape index (κ2) is 7.43. The van der Waals surface area contributed by atoms with Crippen LogP contribution in [0.15, 0.2) is 30.3 Å². The number of benzene rings is 2. The van der Waals surface area contributed by atoms with E-state index in [1.165, 1.54) is 21.3 Å². The summed E-state index contributed by atoms with van der Waals surface area (Å²) in [5.74, 6) is 2.42. The van der Waals surface area contributed by atoms with Crippen molar-refractivity contribution in [3.63, 3.8) is 0 Å². The fourth-order valence-corrected chi connectivity index (χ4v) is 2.94. The molecule has 1 aliphatic heterocycles. The van der Waals surface area contributed by atoms with Crippen molar-refractivity contribution in [3.8, 4) is 28.7 Å². The van der Waals surface area contributed by atoms with Gasteiger partial charge in [-0.3, -0.25) is 4.79 Å². The van der Waals surface area contributed by atoms with Gasteiger partial charge < -0.3 is 28.6 Å². The second-order valence-corrected chi connectivity index (χ2v) is 5.60. The van der Waals surface area contributed by atoms with Gasteiger partial charge in [0.15, 0.2) is 29.6 Å². The number of carbonyl (C=O) groups is 1. The normalized spacial score (nSPS) is 13.4. The second-order valence-electron chi connectivity index (χ2n) is 5.60. The summed E-state index contributed by atoms with van der Waals surface area (Å²) in [4.78, 5) is 14.3. The summed E-state index contributed by atoms with van der Waals surface area (Å²) >= 11 is 0. The van der Waals surface area contributed by atoms with E-state index in [9.17, 15) is 4.79 Å². The molecule has 0 saturated heterocycles. The Bertz CT molecular complexity index is 795. The van der Waals surface area contributed by atoms with Crippen LogP contribution in [0.5, 0.6) is 28.7 Å². The summed E-state index contributed by atoms with van der Waals surface area (Å²) in [6.07, 6.45) is 0. The molecule has 0 unspecified atom stereocenters. The lowest BCUT2D eigenvalue weighted by Gasteiger charge is -2.22. The summed E-state index contributed by atoms with van der Waals surface area (Å²) in [5, 5.41) is 0. The van der Waals surface area contributed by atoms with E-state index in [1.54, 1.807) is 30.2 Å². The van der Waals surface area contributed by atoms with Crippen molar-refractivity contribution in [2.24, 2.45) is 0 Å². The lowest BCUT2D eigenvalue weighted by Crippen LogP contribution is -2.32. The van der Waals surface area contributed by atoms with E-state index >= 15 is 0 Å². The molecule has 26 heavy (non-hydrogen) atoms. The zero-order valence-corrected chi connectivity index (χ0v) is 15.2. The highest BCUT2D eigenvalue weighted by Gasteiger charge is 2.27. The molecule has 2 aromatic carbocycles. The number of nitrogens with zero attached hydrogens (tertiary/aromatic N) is 1. The van der Waals surface area contributed by atoms with Gasteiger partial charge in [0.25, 0.3) is 5.91 Å². The lowest BCUT2D eigenvalue weighted by molar-refractivity contribution is -0.120. The number of ether oxygens (including phenoxy) is 5. The van der Waals surface area contributed by atoms with Crippen LogP contribution >= 0.6 is 0 Å². The standard InChI is InChI=1S/C19H21NO6/c1-22-14-7-5-6-12-10-20(17(21)11-26-18(12)14)13-8-15(23-2)19(25-4)16(9-13)24-3/h5-9H,10-11H2,1-4H3. The van der Waals surface area contributed by atoms with Crippen molar-refractivity contribution in [1.29, 1.82) is 0 Å². The van der Waals surface area contributed by atoms with E-state index in [0.717, 1.165) is 5.56 Å². The lowest BCUT2D eigenvalue weighted by atomic mass is 10.1. The van der Waals surface area contributed by atoms with E-state index < -0.39 is 0 Å². The van der Waals surface area contributed by atoms with Crippen LogP contribution in [-0.4, -0.2) is 41.0 Å². The molecule has 0 fully saturated rings. The number of fused-ring (bicyclic) bond motifs is 1. The van der Waals surface area contributed by atoms with Gasteiger partial charge in [-0.15, -0.1) is 0 Å². The minimum absolute atomic E-state index is 0.0932. The van der Waals surface area contributed by atoms with Crippen LogP contribution in [0.2, 0.25) is 0 Å². The van der Waals surface area contributed by atoms with Crippen molar-refractivity contribution in [2.45, 2.75) is 6.54 Å². The number of hydrogen-bond acceptors (Lipinski definition) is 6. The summed E-state index contributed by atoms with van der Waals surface area (Å²) < 4.78 is 27.1. The van der Waals surface area contributed by atoms with Crippen LogP contribution in [0.4, 0.5) is 5.69 Å². The maximum absolute atomic E-state index is 12.7. The molecule has 0 spiro atoms. The minimum atomic E-state index is -0.183. The summed E-state index contributed by atoms with van der Waals surface area (Å²) in [7, 11) is 6.18. The Labute approximate surface area is 152 Å². The van der Waals surface area contributed by atoms with Crippen molar-refractivity contribution in [1.82, 2.24) is 0 Å². The first kappa shape index (κ1) is 17.7. The summed E-state index contributed by atoms with van der Waals surface area (Å²) in [5.41, 5.74) is 1.48. The fourth-order valence-electron chi connectivity index (χ4n) is 2.94. The molecule has 1 heterocycles. The zero-order valence-electron chi connectivity index (χ0n) is 15.2. The number of amides is 1. The topological polar surface area (TPSA) is 66.5 Å². The molecule has 1 aliphatic rings. The highest BCUT2D eigenvalue weighted by molar-refractivity contribution is 5.95. The largest absolute Gasteiger partial charge is 0.493 e. The molecule has 0 aliphatic carbocycles. The number of para-hydroxylation sites is 1. The Hall–Kier alpha value is -3.09. The Morgan fingerprint density at radius 3 is 2.15 bits per heavy atom. The molecular formula is C19H21NO6. The zero-order chi connectivity index (χ0) is 18.7. The molecule has 3 rings (SSSR count). The van der Waals surface area contributed by atoms with Crippen LogP contribution in [0.1, 0.15) is 5.56 Å². The molecule has 0 saturated carbocycles. The fraction of sp³-hybridized carbons (Fsp3) is 0.316. The molecule has 138 valence electrons. The predicted octanol–water partition coefficient (Wildman–Crippen LogP) is 2.65. The maximum Gasteiger partial charge on any atom is 0.265 e. The third-order valence-electron chi connectivity index (χ3n) is 4.21. The molecule has 0 N–H and O–H groups in total. The molecular weight excluding hydrogens is 338 g/mol. The van der Waals surface area contributed by atoms with Crippen molar-refractivity contribution >= 4 is 11.6 Å². The number of hydrogen-bond donors (Lipinski definition) is 0. The smallest absolute Gasteiger partial charge is 0.265 e. The quantitative estimate of drug-likeness (QED) is 0.818. The summed E-state index contributed by atoms with van der Waals surface area (Å²) in [6.45, 7) is 0.244. The highest BCUT2D eigenvalue weighted by atomic mass is 16.5. The van der Waals surface area contributed by atoms with E-state index in [4.69, 9.17) is 23.7 Å². The third kappa shape index (κ3) is 3.08. The van der Waals surface area contributed by atoms with Crippen molar-refractivity contribution < 1.29 is 28.5 Å². The SMILES string of the molecule is COc1cccc2c1OCC(=O)N(c1cc(OC)c(OC)c(OC)c1)C2. The molecule has 7 nitrogen and oxygen atoms in total. The van der Waals surface area contributed by atoms with Gasteiger partial charge in [0.1, 0.15) is 0 Å². The molecule has 2 aromatic rings. The number of rotatable bonds is 5. The summed E-state index contributed by atoms with van der Waals surface area (Å²) in [6, 6.07) is 9.05. The van der Waals surface area contributed by atoms with Gasteiger partial charge in [0, 0.05) is 17.7 Å². The highest BCUT2D eigenvalue weighted by Crippen LogP contribution is 2.42. The van der Waals surface area contributed by atoms with E-state index in [-0.39, 0.29) is 12.5 Å². The molecule has 0 bridgehead atoms. The van der Waals surface area contributed by atoms with E-state index in [2.05, 4.69) is 0 Å². The average molecular weight is 359 g/mol. The first-order valence-corrected chi connectivity index (χ1v) is 8.02. The predicted molar refractivity (Wildman–Crippen MR) is 95.8 cm³/mol. The molecule has 0 atom stereocenters. The number of anilines is 1. The average Bonchev–Trinajstić information content (AvgIpc) is 2.85. The molecule has 0 aromatic heterocycles. The number of carbonyl (C=O) groups excluding carboxylic acids is 1. The van der Waals surface area contributed by atoms with Crippen LogP contribution in [0.25, 0.3) is 0 Å². The van der Waals surface area contributed by atoms with Gasteiger partial charge in [0.2, 0.25) is 5.75 Å². The van der Waals surface area contributed by atoms with Crippen LogP contribution in [0, 0.1) is 0 Å². The van der Waals surface area contributed by atoms with Crippen molar-refractivity contribution in [3.05, 3.63) is 35.9 Å². The van der Waals surface area contributed by atoms with Crippen LogP contribution < -0.4 is 28.6 Å². The Morgan fingerprint density at radius 1 is 0.923 bits per heavy atom. The first-order valence-electron chi connectivity index (χ1n) is 8.02. The first-order chi connectivity index (χ1) is 12.6. The van der Waals surface area contributed by atoms with Gasteiger partial charge >= 0.3 is 0 Å². The maximum atomic E-state index is 12.7. The van der Waals surface area contributed by atoms with Gasteiger partial charge in [-0.1, -0.05) is 12.1 Å². The molecule has 1 amide bonds. The van der Waals surface area contributed by atoms with E-state index in [1.807, 2.05) is 12.1 Å². The van der Waals surface area contributed by atoms with Crippen molar-refractivity contribution in [2.75, 3.05) is 39.9 Å². The monoisotopic (exact) mass is 359 g/mol. The van der Waals surface area contributed by atoms with E-state index in [0.29, 0.717) is 41.0 Å². The Morgan fingerprint density at radius 2 is 1.58 bits per heavy atom. The van der Waals surface area contributed by atoms with Gasteiger partial charge in [0.05, 0.1) is 40.7 Å².